The van der Waals surface area contributed by atoms with Crippen LogP contribution in [-0.4, -0.2) is 44.3 Å². The number of thiazole rings is 1. The minimum atomic E-state index is -0.981. The number of anilines is 1. The fourth-order valence-corrected chi connectivity index (χ4v) is 4.89. The van der Waals surface area contributed by atoms with E-state index in [0.717, 1.165) is 23.5 Å². The summed E-state index contributed by atoms with van der Waals surface area (Å²) in [5.41, 5.74) is 6.79. The molecule has 3 aromatic rings. The fourth-order valence-electron chi connectivity index (χ4n) is 3.99. The van der Waals surface area contributed by atoms with Gasteiger partial charge in [0, 0.05) is 25.2 Å². The lowest BCUT2D eigenvalue weighted by Gasteiger charge is -2.37. The van der Waals surface area contributed by atoms with E-state index in [0.29, 0.717) is 17.5 Å². The smallest absolute Gasteiger partial charge is 0.188 e. The number of aliphatic hydroxyl groups excluding tert-OH is 2. The average Bonchev–Trinajstić information content (AvgIpc) is 3.17. The van der Waals surface area contributed by atoms with Crippen LogP contribution in [0.1, 0.15) is 47.5 Å². The van der Waals surface area contributed by atoms with Crippen LogP contribution in [0.2, 0.25) is 0 Å². The van der Waals surface area contributed by atoms with Crippen LogP contribution in [0.5, 0.6) is 0 Å². The maximum absolute atomic E-state index is 14.1. The van der Waals surface area contributed by atoms with Gasteiger partial charge in [0.2, 0.25) is 0 Å². The van der Waals surface area contributed by atoms with Crippen LogP contribution in [0, 0.1) is 11.6 Å². The predicted octanol–water partition coefficient (Wildman–Crippen LogP) is 3.45. The molecule has 0 bridgehead atoms. The van der Waals surface area contributed by atoms with Gasteiger partial charge in [-0.2, -0.15) is 0 Å². The normalized spacial score (nSPS) is 22.9. The second-order valence-corrected chi connectivity index (χ2v) is 8.90. The molecule has 0 spiro atoms. The van der Waals surface area contributed by atoms with Crippen molar-refractivity contribution in [3.8, 4) is 10.6 Å². The third-order valence-electron chi connectivity index (χ3n) is 5.71. The zero-order chi connectivity index (χ0) is 23.7. The highest BCUT2D eigenvalue weighted by molar-refractivity contribution is 7.19. The number of ether oxygens (including phenoxy) is 1. The molecule has 7 nitrogen and oxygen atoms in total. The lowest BCUT2D eigenvalue weighted by molar-refractivity contribution is -0.171. The molecule has 33 heavy (non-hydrogen) atoms. The summed E-state index contributed by atoms with van der Waals surface area (Å²) < 4.78 is 34.3. The Morgan fingerprint density at radius 3 is 2.70 bits per heavy atom. The zero-order valence-corrected chi connectivity index (χ0v) is 18.6. The molecular formula is C23H23F2N3O4S. The van der Waals surface area contributed by atoms with Crippen molar-refractivity contribution in [3.63, 3.8) is 0 Å². The third kappa shape index (κ3) is 4.65. The Morgan fingerprint density at radius 1 is 1.27 bits per heavy atom. The Kier molecular flexibility index (Phi) is 6.80. The number of rotatable bonds is 6. The fraction of sp³-hybridized carbons (Fsp3) is 0.348. The minimum Gasteiger partial charge on any atom is -0.390 e. The summed E-state index contributed by atoms with van der Waals surface area (Å²) in [4.78, 5) is 21.3. The van der Waals surface area contributed by atoms with Crippen LogP contribution in [0.3, 0.4) is 0 Å². The molecule has 2 aromatic heterocycles. The number of nitrogens with zero attached hydrogens (tertiary/aromatic N) is 2. The quantitative estimate of drug-likeness (QED) is 0.467. The maximum Gasteiger partial charge on any atom is 0.188 e. The highest BCUT2D eigenvalue weighted by Crippen LogP contribution is 2.36. The SMILES string of the molecule is CC[C@H]1O[C@@H](c2ccncc2CC(=O)c2nc(-c3c(F)cccc3F)sc2N)C[C@@H](O)[C@@H]1O. The Bertz CT molecular complexity index is 1150. The number of hydrogen-bond donors (Lipinski definition) is 3. The van der Waals surface area contributed by atoms with E-state index in [4.69, 9.17) is 10.5 Å². The van der Waals surface area contributed by atoms with Crippen molar-refractivity contribution >= 4 is 22.1 Å². The van der Waals surface area contributed by atoms with Crippen molar-refractivity contribution < 1.29 is 28.5 Å². The monoisotopic (exact) mass is 475 g/mol. The molecule has 0 radical (unpaired) electrons. The van der Waals surface area contributed by atoms with Gasteiger partial charge in [0.15, 0.2) is 5.78 Å². The summed E-state index contributed by atoms with van der Waals surface area (Å²) >= 11 is 0.835. The van der Waals surface area contributed by atoms with E-state index in [1.165, 1.54) is 12.3 Å². The maximum atomic E-state index is 14.1. The highest BCUT2D eigenvalue weighted by atomic mass is 32.1. The molecule has 4 N–H and O–H groups in total. The van der Waals surface area contributed by atoms with E-state index in [1.807, 2.05) is 6.92 Å². The summed E-state index contributed by atoms with van der Waals surface area (Å²) in [7, 11) is 0. The molecule has 1 aliphatic rings. The van der Waals surface area contributed by atoms with Crippen LogP contribution in [0.15, 0.2) is 36.7 Å². The lowest BCUT2D eigenvalue weighted by atomic mass is 9.90. The average molecular weight is 476 g/mol. The largest absolute Gasteiger partial charge is 0.390 e. The number of nitrogens with two attached hydrogens (primary N) is 1. The van der Waals surface area contributed by atoms with E-state index in [1.54, 1.807) is 12.3 Å². The number of halogens is 2. The van der Waals surface area contributed by atoms with Crippen LogP contribution in [-0.2, 0) is 11.2 Å². The van der Waals surface area contributed by atoms with Crippen molar-refractivity contribution in [1.82, 2.24) is 9.97 Å². The topological polar surface area (TPSA) is 119 Å². The number of carbonyl (C=O) groups is 1. The Labute approximate surface area is 192 Å². The first-order valence-corrected chi connectivity index (χ1v) is 11.3. The molecule has 0 saturated carbocycles. The molecule has 1 aliphatic heterocycles. The van der Waals surface area contributed by atoms with E-state index < -0.39 is 41.8 Å². The van der Waals surface area contributed by atoms with Crippen molar-refractivity contribution in [3.05, 3.63) is 65.1 Å². The first kappa shape index (κ1) is 23.4. The minimum absolute atomic E-state index is 0.0172. The summed E-state index contributed by atoms with van der Waals surface area (Å²) in [6.07, 6.45) is 0.625. The van der Waals surface area contributed by atoms with E-state index in [-0.39, 0.29) is 34.1 Å². The molecule has 1 saturated heterocycles. The number of nitrogen functional groups attached to an aromatic ring is 1. The lowest BCUT2D eigenvalue weighted by Crippen LogP contribution is -2.45. The first-order chi connectivity index (χ1) is 15.8. The summed E-state index contributed by atoms with van der Waals surface area (Å²) in [5, 5.41) is 20.4. The Morgan fingerprint density at radius 2 is 2.00 bits per heavy atom. The van der Waals surface area contributed by atoms with E-state index in [2.05, 4.69) is 9.97 Å². The molecular weight excluding hydrogens is 452 g/mol. The molecule has 10 heteroatoms. The second kappa shape index (κ2) is 9.60. The van der Waals surface area contributed by atoms with Crippen molar-refractivity contribution in [2.24, 2.45) is 0 Å². The van der Waals surface area contributed by atoms with E-state index in [9.17, 15) is 23.8 Å². The van der Waals surface area contributed by atoms with Gasteiger partial charge in [-0.25, -0.2) is 13.8 Å². The molecule has 3 heterocycles. The van der Waals surface area contributed by atoms with Gasteiger partial charge in [0.25, 0.3) is 0 Å². The molecule has 174 valence electrons. The molecule has 4 atom stereocenters. The van der Waals surface area contributed by atoms with E-state index >= 15 is 0 Å². The molecule has 0 aliphatic carbocycles. The molecule has 4 rings (SSSR count). The summed E-state index contributed by atoms with van der Waals surface area (Å²) in [6.45, 7) is 1.85. The first-order valence-electron chi connectivity index (χ1n) is 10.5. The van der Waals surface area contributed by atoms with Gasteiger partial charge in [-0.3, -0.25) is 9.78 Å². The number of aliphatic hydroxyl groups is 2. The highest BCUT2D eigenvalue weighted by Gasteiger charge is 2.37. The third-order valence-corrected chi connectivity index (χ3v) is 6.61. The number of pyridine rings is 1. The van der Waals surface area contributed by atoms with Crippen molar-refractivity contribution in [1.29, 1.82) is 0 Å². The summed E-state index contributed by atoms with van der Waals surface area (Å²) in [6, 6.07) is 5.17. The molecule has 1 fully saturated rings. The Hall–Kier alpha value is -2.79. The van der Waals surface area contributed by atoms with Gasteiger partial charge >= 0.3 is 0 Å². The van der Waals surface area contributed by atoms with Gasteiger partial charge in [0.1, 0.15) is 33.4 Å². The predicted molar refractivity (Wildman–Crippen MR) is 119 cm³/mol. The van der Waals surface area contributed by atoms with Crippen LogP contribution in [0.4, 0.5) is 13.8 Å². The molecule has 1 aromatic carbocycles. The number of hydrogen-bond acceptors (Lipinski definition) is 8. The van der Waals surface area contributed by atoms with Gasteiger partial charge in [-0.1, -0.05) is 24.3 Å². The van der Waals surface area contributed by atoms with Crippen molar-refractivity contribution in [2.75, 3.05) is 5.73 Å². The van der Waals surface area contributed by atoms with Crippen LogP contribution >= 0.6 is 11.3 Å². The number of benzene rings is 1. The van der Waals surface area contributed by atoms with Crippen molar-refractivity contribution in [2.45, 2.75) is 50.6 Å². The van der Waals surface area contributed by atoms with Crippen LogP contribution in [0.25, 0.3) is 10.6 Å². The summed E-state index contributed by atoms with van der Waals surface area (Å²) in [5.74, 6) is -2.03. The standard InChI is InChI=1S/C23H23F2N3O4S/c1-2-17-21(31)16(30)9-18(32-17)12-6-7-27-10-11(12)8-15(29)20-22(26)33-23(28-20)19-13(24)4-3-5-14(19)25/h3-7,10,16-18,21,30-31H,2,8-9,26H2,1H3/t16-,17-,18-,21+/m1/s1. The van der Waals surface area contributed by atoms with Gasteiger partial charge in [0.05, 0.1) is 23.9 Å². The van der Waals surface area contributed by atoms with Gasteiger partial charge < -0.3 is 20.7 Å². The number of aromatic nitrogens is 2. The second-order valence-electron chi connectivity index (χ2n) is 7.87. The number of carbonyl (C=O) groups excluding carboxylic acids is 1. The Balaban J connectivity index is 1.60. The van der Waals surface area contributed by atoms with Crippen LogP contribution < -0.4 is 5.73 Å². The zero-order valence-electron chi connectivity index (χ0n) is 17.7. The van der Waals surface area contributed by atoms with Gasteiger partial charge in [-0.05, 0) is 35.7 Å². The van der Waals surface area contributed by atoms with Gasteiger partial charge in [-0.15, -0.1) is 0 Å². The molecule has 0 unspecified atom stereocenters. The number of Topliss-reactive ketones (excluding diaryl/α,β-unsaturated/α-hetero) is 1. The molecule has 0 amide bonds. The number of ketones is 1.